The third-order valence-corrected chi connectivity index (χ3v) is 6.48. The van der Waals surface area contributed by atoms with E-state index in [-0.39, 0.29) is 5.56 Å². The molecule has 9 heteroatoms. The molecule has 0 saturated carbocycles. The minimum atomic E-state index is -4.44. The molecule has 0 saturated heterocycles. The van der Waals surface area contributed by atoms with E-state index in [1.54, 1.807) is 17.4 Å². The first-order chi connectivity index (χ1) is 13.5. The zero-order valence-corrected chi connectivity index (χ0v) is 18.1. The largest absolute Gasteiger partial charge is 0.394 e. The first-order valence-corrected chi connectivity index (χ1v) is 10.6. The van der Waals surface area contributed by atoms with Gasteiger partial charge in [-0.15, -0.1) is 22.7 Å². The number of halogens is 3. The number of pyridine rings is 1. The summed E-state index contributed by atoms with van der Waals surface area (Å²) in [6.07, 6.45) is -3.21. The van der Waals surface area contributed by atoms with Gasteiger partial charge in [-0.1, -0.05) is 13.8 Å². The molecule has 0 aliphatic heterocycles. The average Bonchev–Trinajstić information content (AvgIpc) is 3.19. The molecule has 0 aliphatic carbocycles. The van der Waals surface area contributed by atoms with Gasteiger partial charge in [0.05, 0.1) is 31.7 Å². The topological polar surface area (TPSA) is 55.7 Å². The van der Waals surface area contributed by atoms with Crippen molar-refractivity contribution in [2.24, 2.45) is 5.41 Å². The molecule has 0 bridgehead atoms. The van der Waals surface area contributed by atoms with Gasteiger partial charge in [-0.2, -0.15) is 13.2 Å². The summed E-state index contributed by atoms with van der Waals surface area (Å²) in [6.45, 7) is 5.96. The van der Waals surface area contributed by atoms with Crippen molar-refractivity contribution in [2.45, 2.75) is 46.7 Å². The van der Waals surface area contributed by atoms with Crippen molar-refractivity contribution in [1.29, 1.82) is 0 Å². The van der Waals surface area contributed by atoms with Gasteiger partial charge in [0, 0.05) is 35.7 Å². The quantitative estimate of drug-likeness (QED) is 0.440. The Labute approximate surface area is 174 Å². The normalized spacial score (nSPS) is 12.4. The fourth-order valence-corrected chi connectivity index (χ4v) is 4.47. The van der Waals surface area contributed by atoms with Crippen molar-refractivity contribution in [1.82, 2.24) is 15.0 Å². The Kier molecular flexibility index (Phi) is 5.91. The molecule has 0 spiro atoms. The zero-order chi connectivity index (χ0) is 21.4. The van der Waals surface area contributed by atoms with Crippen LogP contribution in [-0.2, 0) is 6.42 Å². The van der Waals surface area contributed by atoms with E-state index in [9.17, 15) is 18.0 Å². The number of Topliss-reactive ketones (excluding diaryl/α,β-unsaturated/α-hetero) is 1. The smallest absolute Gasteiger partial charge is 0.294 e. The summed E-state index contributed by atoms with van der Waals surface area (Å²) >= 11 is 3.11. The maximum Gasteiger partial charge on any atom is 0.394 e. The molecule has 154 valence electrons. The van der Waals surface area contributed by atoms with E-state index in [1.807, 2.05) is 19.2 Å². The van der Waals surface area contributed by atoms with Crippen molar-refractivity contribution in [3.05, 3.63) is 50.7 Å². The second-order valence-corrected chi connectivity index (χ2v) is 9.62. The molecule has 0 aliphatic rings. The Balaban J connectivity index is 1.68. The van der Waals surface area contributed by atoms with Crippen LogP contribution >= 0.6 is 22.7 Å². The molecular formula is C20H20F3N3OS2. The lowest BCUT2D eigenvalue weighted by atomic mass is 9.85. The molecule has 0 unspecified atom stereocenters. The molecule has 0 amide bonds. The van der Waals surface area contributed by atoms with Crippen LogP contribution in [0.25, 0.3) is 10.6 Å². The molecule has 0 fully saturated rings. The molecule has 0 N–H and O–H groups in total. The van der Waals surface area contributed by atoms with Crippen LogP contribution in [0.3, 0.4) is 0 Å². The number of aromatic nitrogens is 3. The van der Waals surface area contributed by atoms with Gasteiger partial charge in [-0.05, 0) is 26.0 Å². The number of aryl methyl sites for hydroxylation is 2. The van der Waals surface area contributed by atoms with Gasteiger partial charge < -0.3 is 0 Å². The summed E-state index contributed by atoms with van der Waals surface area (Å²) in [5, 5.41) is 3.84. The molecule has 4 nitrogen and oxygen atoms in total. The Morgan fingerprint density at radius 3 is 2.41 bits per heavy atom. The first-order valence-electron chi connectivity index (χ1n) is 8.90. The maximum atomic E-state index is 13.0. The van der Waals surface area contributed by atoms with Gasteiger partial charge in [0.15, 0.2) is 5.78 Å². The van der Waals surface area contributed by atoms with Gasteiger partial charge in [-0.25, -0.2) is 9.97 Å². The molecule has 3 aromatic heterocycles. The molecule has 0 aromatic carbocycles. The number of alkyl halides is 3. The molecule has 29 heavy (non-hydrogen) atoms. The second-order valence-electron chi connectivity index (χ2n) is 7.47. The van der Waals surface area contributed by atoms with Gasteiger partial charge in [0.25, 0.3) is 0 Å². The fourth-order valence-electron chi connectivity index (χ4n) is 2.72. The standard InChI is InChI=1S/C20H20F3N3OS2/c1-11-18(29-12(2)25-11)15-10-28-17(26-15)7-14-6-5-13(9-24-14)16(27)8-19(3,4)20(21,22)23/h5-6,9-10H,7-8H2,1-4H3. The predicted molar refractivity (Wildman–Crippen MR) is 109 cm³/mol. The molecule has 0 radical (unpaired) electrons. The predicted octanol–water partition coefficient (Wildman–Crippen LogP) is 6.03. The number of thiazole rings is 2. The fraction of sp³-hybridized carbons (Fsp3) is 0.400. The number of carbonyl (C=O) groups is 1. The third-order valence-electron chi connectivity index (χ3n) is 4.54. The lowest BCUT2D eigenvalue weighted by Crippen LogP contribution is -2.34. The highest BCUT2D eigenvalue weighted by Gasteiger charge is 2.48. The van der Waals surface area contributed by atoms with E-state index in [2.05, 4.69) is 15.0 Å². The number of hydrogen-bond donors (Lipinski definition) is 0. The molecular weight excluding hydrogens is 419 g/mol. The van der Waals surface area contributed by atoms with Crippen LogP contribution in [0.5, 0.6) is 0 Å². The number of rotatable bonds is 6. The Morgan fingerprint density at radius 1 is 1.14 bits per heavy atom. The van der Waals surface area contributed by atoms with Gasteiger partial charge in [-0.3, -0.25) is 9.78 Å². The highest BCUT2D eigenvalue weighted by molar-refractivity contribution is 7.15. The average molecular weight is 440 g/mol. The third kappa shape index (κ3) is 4.90. The summed E-state index contributed by atoms with van der Waals surface area (Å²) in [7, 11) is 0. The molecule has 3 aromatic rings. The summed E-state index contributed by atoms with van der Waals surface area (Å²) in [5.41, 5.74) is 0.644. The van der Waals surface area contributed by atoms with E-state index >= 15 is 0 Å². The van der Waals surface area contributed by atoms with Gasteiger partial charge in [0.2, 0.25) is 0 Å². The van der Waals surface area contributed by atoms with Crippen molar-refractivity contribution < 1.29 is 18.0 Å². The molecule has 3 rings (SSSR count). The number of nitrogens with zero attached hydrogens (tertiary/aromatic N) is 3. The Hall–Kier alpha value is -2.13. The van der Waals surface area contributed by atoms with Crippen molar-refractivity contribution >= 4 is 28.5 Å². The lowest BCUT2D eigenvalue weighted by molar-refractivity contribution is -0.210. The SMILES string of the molecule is Cc1nc(C)c(-c2csc(Cc3ccc(C(=O)CC(C)(C)C(F)(F)F)cn3)n2)s1. The van der Waals surface area contributed by atoms with Crippen LogP contribution in [-0.4, -0.2) is 26.9 Å². The molecule has 3 heterocycles. The van der Waals surface area contributed by atoms with E-state index < -0.39 is 23.8 Å². The van der Waals surface area contributed by atoms with Crippen molar-refractivity contribution in [2.75, 3.05) is 0 Å². The summed E-state index contributed by atoms with van der Waals surface area (Å²) in [6, 6.07) is 3.19. The van der Waals surface area contributed by atoms with Crippen LogP contribution in [0.1, 0.15) is 52.0 Å². The highest BCUT2D eigenvalue weighted by atomic mass is 32.1. The van der Waals surface area contributed by atoms with Crippen LogP contribution < -0.4 is 0 Å². The van der Waals surface area contributed by atoms with Crippen LogP contribution in [0.15, 0.2) is 23.7 Å². The number of ketones is 1. The summed E-state index contributed by atoms with van der Waals surface area (Å²) < 4.78 is 39.0. The number of hydrogen-bond acceptors (Lipinski definition) is 6. The lowest BCUT2D eigenvalue weighted by Gasteiger charge is -2.26. The van der Waals surface area contributed by atoms with Crippen LogP contribution in [0.4, 0.5) is 13.2 Å². The molecule has 0 atom stereocenters. The van der Waals surface area contributed by atoms with E-state index in [4.69, 9.17) is 0 Å². The Bertz CT molecular complexity index is 1020. The zero-order valence-electron chi connectivity index (χ0n) is 16.4. The second kappa shape index (κ2) is 7.95. The number of carbonyl (C=O) groups excluding carboxylic acids is 1. The van der Waals surface area contributed by atoms with Gasteiger partial charge in [0.1, 0.15) is 0 Å². The van der Waals surface area contributed by atoms with Gasteiger partial charge >= 0.3 is 6.18 Å². The monoisotopic (exact) mass is 439 g/mol. The maximum absolute atomic E-state index is 13.0. The first kappa shape index (κ1) is 21.6. The van der Waals surface area contributed by atoms with Crippen molar-refractivity contribution in [3.63, 3.8) is 0 Å². The summed E-state index contributed by atoms with van der Waals surface area (Å²) in [4.78, 5) is 26.6. The minimum Gasteiger partial charge on any atom is -0.294 e. The Morgan fingerprint density at radius 2 is 1.86 bits per heavy atom. The highest BCUT2D eigenvalue weighted by Crippen LogP contribution is 2.41. The summed E-state index contributed by atoms with van der Waals surface area (Å²) in [5.74, 6) is -0.570. The minimum absolute atomic E-state index is 0.182. The van der Waals surface area contributed by atoms with Crippen LogP contribution in [0.2, 0.25) is 0 Å². The van der Waals surface area contributed by atoms with E-state index in [0.29, 0.717) is 12.1 Å². The van der Waals surface area contributed by atoms with Crippen LogP contribution in [0, 0.1) is 19.3 Å². The van der Waals surface area contributed by atoms with Crippen molar-refractivity contribution in [3.8, 4) is 10.6 Å². The van der Waals surface area contributed by atoms with E-state index in [0.717, 1.165) is 40.1 Å². The van der Waals surface area contributed by atoms with E-state index in [1.165, 1.54) is 23.6 Å².